The minimum absolute atomic E-state index is 0.650. The van der Waals surface area contributed by atoms with Crippen LogP contribution in [0.3, 0.4) is 0 Å². The summed E-state index contributed by atoms with van der Waals surface area (Å²) in [6, 6.07) is 0. The van der Waals surface area contributed by atoms with Gasteiger partial charge in [0.25, 0.3) is 0 Å². The molecule has 0 aliphatic rings. The van der Waals surface area contributed by atoms with Crippen molar-refractivity contribution in [1.29, 1.82) is 0 Å². The SMILES string of the molecule is C=CC=CCOCCC#CC. The predicted octanol–water partition coefficient (Wildman–Crippen LogP) is 2.16. The molecule has 0 bridgehead atoms. The largest absolute Gasteiger partial charge is 0.376 e. The van der Waals surface area contributed by atoms with Gasteiger partial charge in [-0.15, -0.1) is 11.8 Å². The van der Waals surface area contributed by atoms with Crippen LogP contribution in [0.5, 0.6) is 0 Å². The van der Waals surface area contributed by atoms with E-state index in [0.717, 1.165) is 6.42 Å². The quantitative estimate of drug-likeness (QED) is 0.331. The van der Waals surface area contributed by atoms with Crippen LogP contribution in [0.25, 0.3) is 0 Å². The third-order valence-electron chi connectivity index (χ3n) is 1.03. The molecule has 1 nitrogen and oxygen atoms in total. The maximum Gasteiger partial charge on any atom is 0.0650 e. The number of hydrogen-bond donors (Lipinski definition) is 0. The first kappa shape index (κ1) is 10.0. The first-order chi connectivity index (χ1) is 5.41. The van der Waals surface area contributed by atoms with E-state index in [1.54, 1.807) is 6.08 Å². The van der Waals surface area contributed by atoms with E-state index < -0.39 is 0 Å². The molecule has 11 heavy (non-hydrogen) atoms. The zero-order chi connectivity index (χ0) is 8.36. The van der Waals surface area contributed by atoms with Crippen LogP contribution in [0.15, 0.2) is 24.8 Å². The van der Waals surface area contributed by atoms with Crippen LogP contribution < -0.4 is 0 Å². The molecule has 1 heteroatoms. The molecule has 0 saturated heterocycles. The van der Waals surface area contributed by atoms with Gasteiger partial charge in [0.05, 0.1) is 13.2 Å². The Kier molecular flexibility index (Phi) is 8.18. The van der Waals surface area contributed by atoms with Crippen molar-refractivity contribution in [3.8, 4) is 11.8 Å². The number of rotatable bonds is 5. The lowest BCUT2D eigenvalue weighted by Gasteiger charge is -1.93. The molecule has 0 radical (unpaired) electrons. The fraction of sp³-hybridized carbons (Fsp3) is 0.400. The Bertz CT molecular complexity index is 169. The maximum atomic E-state index is 5.20. The van der Waals surface area contributed by atoms with Gasteiger partial charge in [-0.1, -0.05) is 24.8 Å². The van der Waals surface area contributed by atoms with Gasteiger partial charge in [-0.2, -0.15) is 0 Å². The molecule has 0 atom stereocenters. The lowest BCUT2D eigenvalue weighted by atomic mass is 10.4. The lowest BCUT2D eigenvalue weighted by Crippen LogP contribution is -1.92. The van der Waals surface area contributed by atoms with Crippen LogP contribution >= 0.6 is 0 Å². The molecular formula is C10H14O. The van der Waals surface area contributed by atoms with Gasteiger partial charge in [0.15, 0.2) is 0 Å². The van der Waals surface area contributed by atoms with Gasteiger partial charge in [0, 0.05) is 6.42 Å². The van der Waals surface area contributed by atoms with E-state index in [1.165, 1.54) is 0 Å². The van der Waals surface area contributed by atoms with Gasteiger partial charge in [0.1, 0.15) is 0 Å². The minimum atomic E-state index is 0.650. The zero-order valence-corrected chi connectivity index (χ0v) is 6.97. The van der Waals surface area contributed by atoms with Crippen molar-refractivity contribution in [1.82, 2.24) is 0 Å². The number of allylic oxidation sites excluding steroid dienone is 2. The van der Waals surface area contributed by atoms with Crippen LogP contribution in [0, 0.1) is 11.8 Å². The summed E-state index contributed by atoms with van der Waals surface area (Å²) in [4.78, 5) is 0. The van der Waals surface area contributed by atoms with Crippen molar-refractivity contribution in [3.05, 3.63) is 24.8 Å². The first-order valence-electron chi connectivity index (χ1n) is 3.66. The zero-order valence-electron chi connectivity index (χ0n) is 6.97. The van der Waals surface area contributed by atoms with Gasteiger partial charge in [-0.05, 0) is 6.92 Å². The van der Waals surface area contributed by atoms with Crippen molar-refractivity contribution < 1.29 is 4.74 Å². The van der Waals surface area contributed by atoms with Crippen LogP contribution in [-0.2, 0) is 4.74 Å². The van der Waals surface area contributed by atoms with E-state index >= 15 is 0 Å². The van der Waals surface area contributed by atoms with E-state index in [0.29, 0.717) is 13.2 Å². The molecule has 0 spiro atoms. The summed E-state index contributed by atoms with van der Waals surface area (Å²) in [6.07, 6.45) is 6.34. The van der Waals surface area contributed by atoms with E-state index in [1.807, 2.05) is 19.1 Å². The molecule has 0 saturated carbocycles. The Balaban J connectivity index is 3.06. The van der Waals surface area contributed by atoms with Crippen molar-refractivity contribution >= 4 is 0 Å². The third kappa shape index (κ3) is 9.00. The average molecular weight is 150 g/mol. The first-order valence-corrected chi connectivity index (χ1v) is 3.66. The predicted molar refractivity (Wildman–Crippen MR) is 48.2 cm³/mol. The van der Waals surface area contributed by atoms with Crippen LogP contribution in [0.2, 0.25) is 0 Å². The van der Waals surface area contributed by atoms with E-state index in [2.05, 4.69) is 18.4 Å². The van der Waals surface area contributed by atoms with Crippen LogP contribution in [0.1, 0.15) is 13.3 Å². The van der Waals surface area contributed by atoms with Gasteiger partial charge in [-0.25, -0.2) is 0 Å². The van der Waals surface area contributed by atoms with E-state index in [-0.39, 0.29) is 0 Å². The maximum absolute atomic E-state index is 5.20. The summed E-state index contributed by atoms with van der Waals surface area (Å²) >= 11 is 0. The van der Waals surface area contributed by atoms with Crippen molar-refractivity contribution in [2.75, 3.05) is 13.2 Å². The summed E-state index contributed by atoms with van der Waals surface area (Å²) in [5.41, 5.74) is 0. The Labute approximate surface area is 68.8 Å². The summed E-state index contributed by atoms with van der Waals surface area (Å²) < 4.78 is 5.20. The Morgan fingerprint density at radius 1 is 1.55 bits per heavy atom. The average Bonchev–Trinajstić information content (AvgIpc) is 2.03. The van der Waals surface area contributed by atoms with E-state index in [9.17, 15) is 0 Å². The van der Waals surface area contributed by atoms with Gasteiger partial charge < -0.3 is 4.74 Å². The highest BCUT2D eigenvalue weighted by Gasteiger charge is 1.79. The van der Waals surface area contributed by atoms with Crippen molar-refractivity contribution in [3.63, 3.8) is 0 Å². The van der Waals surface area contributed by atoms with Gasteiger partial charge >= 0.3 is 0 Å². The van der Waals surface area contributed by atoms with Crippen molar-refractivity contribution in [2.45, 2.75) is 13.3 Å². The summed E-state index contributed by atoms with van der Waals surface area (Å²) in [5.74, 6) is 5.73. The Morgan fingerprint density at radius 2 is 2.36 bits per heavy atom. The highest BCUT2D eigenvalue weighted by Crippen LogP contribution is 1.82. The second-order valence-electron chi connectivity index (χ2n) is 1.92. The van der Waals surface area contributed by atoms with Crippen molar-refractivity contribution in [2.24, 2.45) is 0 Å². The molecule has 0 aliphatic heterocycles. The molecular weight excluding hydrogens is 136 g/mol. The molecule has 0 aliphatic carbocycles. The highest BCUT2D eigenvalue weighted by atomic mass is 16.5. The van der Waals surface area contributed by atoms with Gasteiger partial charge in [-0.3, -0.25) is 0 Å². The Morgan fingerprint density at radius 3 is 3.00 bits per heavy atom. The molecule has 0 amide bonds. The molecule has 0 N–H and O–H groups in total. The second-order valence-corrected chi connectivity index (χ2v) is 1.92. The third-order valence-corrected chi connectivity index (χ3v) is 1.03. The molecule has 0 rings (SSSR count). The lowest BCUT2D eigenvalue weighted by molar-refractivity contribution is 0.169. The highest BCUT2D eigenvalue weighted by molar-refractivity contribution is 4.97. The molecule has 0 aromatic rings. The van der Waals surface area contributed by atoms with Crippen LogP contribution in [-0.4, -0.2) is 13.2 Å². The smallest absolute Gasteiger partial charge is 0.0650 e. The van der Waals surface area contributed by atoms with Crippen LogP contribution in [0.4, 0.5) is 0 Å². The summed E-state index contributed by atoms with van der Waals surface area (Å²) in [7, 11) is 0. The topological polar surface area (TPSA) is 9.23 Å². The monoisotopic (exact) mass is 150 g/mol. The normalized spacial score (nSPS) is 9.18. The summed E-state index contributed by atoms with van der Waals surface area (Å²) in [6.45, 7) is 6.74. The van der Waals surface area contributed by atoms with E-state index in [4.69, 9.17) is 4.74 Å². The molecule has 0 heterocycles. The fourth-order valence-corrected chi connectivity index (χ4v) is 0.551. The fourth-order valence-electron chi connectivity index (χ4n) is 0.551. The standard InChI is InChI=1S/C10H14O/c1-3-5-7-9-11-10-8-6-4-2/h3,5,7H,1,8-10H2,2H3. The number of hydrogen-bond acceptors (Lipinski definition) is 1. The number of ether oxygens (including phenoxy) is 1. The molecule has 0 unspecified atom stereocenters. The molecule has 0 fully saturated rings. The molecule has 0 aromatic heterocycles. The molecule has 60 valence electrons. The second kappa shape index (κ2) is 9.00. The minimum Gasteiger partial charge on any atom is -0.376 e. The Hall–Kier alpha value is -1.00. The molecule has 0 aromatic carbocycles. The van der Waals surface area contributed by atoms with Gasteiger partial charge in [0.2, 0.25) is 0 Å². The summed E-state index contributed by atoms with van der Waals surface area (Å²) in [5, 5.41) is 0.